The number of anilines is 2. The molecule has 2 aliphatic heterocycles. The highest BCUT2D eigenvalue weighted by Gasteiger charge is 2.39. The lowest BCUT2D eigenvalue weighted by molar-refractivity contribution is -0.115. The number of nitrogens with zero attached hydrogens (tertiary/aromatic N) is 5. The number of carbonyl (C=O) groups is 2. The molecule has 39 heavy (non-hydrogen) atoms. The second-order valence-electron chi connectivity index (χ2n) is 11.4. The first-order chi connectivity index (χ1) is 18.7. The van der Waals surface area contributed by atoms with E-state index < -0.39 is 6.09 Å². The lowest BCUT2D eigenvalue weighted by atomic mass is 9.84. The van der Waals surface area contributed by atoms with Crippen molar-refractivity contribution >= 4 is 29.2 Å². The predicted molar refractivity (Wildman–Crippen MR) is 150 cm³/mol. The molecule has 4 aromatic rings. The smallest absolute Gasteiger partial charge is 0.407 e. The van der Waals surface area contributed by atoms with Crippen LogP contribution in [0.4, 0.5) is 16.3 Å². The van der Waals surface area contributed by atoms with Crippen molar-refractivity contribution < 1.29 is 14.7 Å². The van der Waals surface area contributed by atoms with Crippen LogP contribution < -0.4 is 10.2 Å². The van der Waals surface area contributed by atoms with Gasteiger partial charge in [-0.1, -0.05) is 57.2 Å². The Bertz CT molecular complexity index is 1570. The summed E-state index contributed by atoms with van der Waals surface area (Å²) in [5, 5.41) is 12.8. The van der Waals surface area contributed by atoms with Crippen molar-refractivity contribution in [3.8, 4) is 11.3 Å². The number of aromatic nitrogens is 3. The van der Waals surface area contributed by atoms with Crippen LogP contribution in [0.3, 0.4) is 0 Å². The van der Waals surface area contributed by atoms with E-state index in [2.05, 4.69) is 53.6 Å². The van der Waals surface area contributed by atoms with E-state index in [0.717, 1.165) is 45.2 Å². The fourth-order valence-corrected chi connectivity index (χ4v) is 5.77. The number of amides is 2. The summed E-state index contributed by atoms with van der Waals surface area (Å²) in [6, 6.07) is 16.1. The monoisotopic (exact) mass is 524 g/mol. The summed E-state index contributed by atoms with van der Waals surface area (Å²) >= 11 is 0. The number of hydrogen-bond donors (Lipinski definition) is 2. The largest absolute Gasteiger partial charge is 0.465 e. The van der Waals surface area contributed by atoms with Crippen molar-refractivity contribution in [2.75, 3.05) is 29.9 Å². The Hall–Kier alpha value is -4.40. The van der Waals surface area contributed by atoms with Crippen LogP contribution in [0.2, 0.25) is 0 Å². The molecule has 1 unspecified atom stereocenters. The number of rotatable bonds is 4. The third-order valence-electron chi connectivity index (χ3n) is 7.74. The minimum absolute atomic E-state index is 0.00481. The Morgan fingerprint density at radius 3 is 2.67 bits per heavy atom. The maximum absolute atomic E-state index is 12.0. The summed E-state index contributed by atoms with van der Waals surface area (Å²) in [6.07, 6.45) is 3.83. The zero-order valence-corrected chi connectivity index (χ0v) is 22.4. The SMILES string of the molecule is CC(C)(C)C1CN(c2nccn3c(-c4ccc5c(c4)CC(=O)N5)c(Cc4ccccc4)nc23)CCN1C(=O)O. The zero-order chi connectivity index (χ0) is 27.3. The Morgan fingerprint density at radius 2 is 1.92 bits per heavy atom. The first-order valence-corrected chi connectivity index (χ1v) is 13.3. The number of benzene rings is 2. The molecule has 2 aromatic heterocycles. The van der Waals surface area contributed by atoms with Crippen LogP contribution in [-0.4, -0.2) is 62.1 Å². The lowest BCUT2D eigenvalue weighted by Crippen LogP contribution is -2.59. The van der Waals surface area contributed by atoms with Gasteiger partial charge in [-0.15, -0.1) is 0 Å². The minimum atomic E-state index is -0.890. The molecule has 0 spiro atoms. The molecule has 4 heterocycles. The molecule has 200 valence electrons. The summed E-state index contributed by atoms with van der Waals surface area (Å²) in [7, 11) is 0. The first-order valence-electron chi connectivity index (χ1n) is 13.3. The van der Waals surface area contributed by atoms with E-state index in [-0.39, 0.29) is 17.4 Å². The third kappa shape index (κ3) is 4.58. The quantitative estimate of drug-likeness (QED) is 0.401. The maximum atomic E-state index is 12.0. The van der Waals surface area contributed by atoms with E-state index in [1.807, 2.05) is 36.5 Å². The number of nitrogens with one attached hydrogen (secondary N) is 1. The Morgan fingerprint density at radius 1 is 1.13 bits per heavy atom. The average molecular weight is 525 g/mol. The molecule has 2 N–H and O–H groups in total. The Kier molecular flexibility index (Phi) is 6.01. The van der Waals surface area contributed by atoms with Gasteiger partial charge in [-0.25, -0.2) is 14.8 Å². The molecule has 0 saturated carbocycles. The van der Waals surface area contributed by atoms with E-state index >= 15 is 0 Å². The van der Waals surface area contributed by atoms with Gasteiger partial charge in [0.15, 0.2) is 11.5 Å². The molecule has 2 amide bonds. The molecular formula is C30H32N6O3. The van der Waals surface area contributed by atoms with Crippen molar-refractivity contribution in [3.63, 3.8) is 0 Å². The van der Waals surface area contributed by atoms with Gasteiger partial charge in [0, 0.05) is 49.7 Å². The number of fused-ring (bicyclic) bond motifs is 2. The van der Waals surface area contributed by atoms with Gasteiger partial charge in [0.2, 0.25) is 5.91 Å². The summed E-state index contributed by atoms with van der Waals surface area (Å²) in [6.45, 7) is 7.69. The van der Waals surface area contributed by atoms with Crippen molar-refractivity contribution in [3.05, 3.63) is 77.7 Å². The molecule has 9 nitrogen and oxygen atoms in total. The van der Waals surface area contributed by atoms with Gasteiger partial charge in [-0.05, 0) is 28.7 Å². The van der Waals surface area contributed by atoms with Gasteiger partial charge < -0.3 is 20.2 Å². The number of carbonyl (C=O) groups excluding carboxylic acids is 1. The summed E-state index contributed by atoms with van der Waals surface area (Å²) in [5.41, 5.74) is 6.36. The highest BCUT2D eigenvalue weighted by atomic mass is 16.4. The molecule has 2 aliphatic rings. The fraction of sp³-hybridized carbons (Fsp3) is 0.333. The fourth-order valence-electron chi connectivity index (χ4n) is 5.77. The number of imidazole rings is 1. The molecule has 0 bridgehead atoms. The Labute approximate surface area is 227 Å². The first kappa shape index (κ1) is 24.9. The lowest BCUT2D eigenvalue weighted by Gasteiger charge is -2.46. The van der Waals surface area contributed by atoms with E-state index in [9.17, 15) is 14.7 Å². The van der Waals surface area contributed by atoms with E-state index in [0.29, 0.717) is 32.5 Å². The Balaban J connectivity index is 1.47. The molecule has 0 radical (unpaired) electrons. The minimum Gasteiger partial charge on any atom is -0.465 e. The van der Waals surface area contributed by atoms with Crippen molar-refractivity contribution in [1.29, 1.82) is 0 Å². The molecule has 6 rings (SSSR count). The number of carboxylic acid groups (broad SMARTS) is 1. The average Bonchev–Trinajstić information content (AvgIpc) is 3.46. The molecule has 2 aromatic carbocycles. The van der Waals surface area contributed by atoms with Crippen LogP contribution in [0.1, 0.15) is 37.6 Å². The topological polar surface area (TPSA) is 103 Å². The van der Waals surface area contributed by atoms with Crippen LogP contribution in [0, 0.1) is 5.41 Å². The maximum Gasteiger partial charge on any atom is 0.407 e. The normalized spacial score (nSPS) is 17.4. The number of hydrogen-bond acceptors (Lipinski definition) is 5. The van der Waals surface area contributed by atoms with Crippen LogP contribution in [0.5, 0.6) is 0 Å². The van der Waals surface area contributed by atoms with Gasteiger partial charge in [0.25, 0.3) is 0 Å². The van der Waals surface area contributed by atoms with Gasteiger partial charge in [-0.2, -0.15) is 0 Å². The molecule has 0 aliphatic carbocycles. The van der Waals surface area contributed by atoms with Gasteiger partial charge in [0.1, 0.15) is 0 Å². The molecular weight excluding hydrogens is 492 g/mol. The number of piperazine rings is 1. The highest BCUT2D eigenvalue weighted by Crippen LogP contribution is 2.35. The van der Waals surface area contributed by atoms with E-state index in [1.165, 1.54) is 0 Å². The molecule has 1 atom stereocenters. The van der Waals surface area contributed by atoms with Crippen molar-refractivity contribution in [2.45, 2.75) is 39.7 Å². The van der Waals surface area contributed by atoms with Gasteiger partial charge in [-0.3, -0.25) is 9.20 Å². The second-order valence-corrected chi connectivity index (χ2v) is 11.4. The van der Waals surface area contributed by atoms with Crippen LogP contribution >= 0.6 is 0 Å². The van der Waals surface area contributed by atoms with Gasteiger partial charge in [0.05, 0.1) is 23.9 Å². The highest BCUT2D eigenvalue weighted by molar-refractivity contribution is 5.99. The third-order valence-corrected chi connectivity index (χ3v) is 7.74. The second kappa shape index (κ2) is 9.41. The van der Waals surface area contributed by atoms with Crippen LogP contribution in [0.15, 0.2) is 60.9 Å². The van der Waals surface area contributed by atoms with E-state index in [4.69, 9.17) is 9.97 Å². The van der Waals surface area contributed by atoms with Crippen molar-refractivity contribution in [2.24, 2.45) is 5.41 Å². The molecule has 1 saturated heterocycles. The zero-order valence-electron chi connectivity index (χ0n) is 22.4. The van der Waals surface area contributed by atoms with Crippen molar-refractivity contribution in [1.82, 2.24) is 19.3 Å². The summed E-state index contributed by atoms with van der Waals surface area (Å²) < 4.78 is 2.09. The molecule has 9 heteroatoms. The summed E-state index contributed by atoms with van der Waals surface area (Å²) in [5.74, 6) is 0.751. The standard InChI is InChI=1S/C30H32N6O3/c1-30(2,3)24-18-34(13-14-35(24)29(38)39)27-28-33-23(15-19-7-5-4-6-8-19)26(36(28)12-11-31-27)20-9-10-22-21(16-20)17-25(37)32-22/h4-12,16,24H,13-15,17-18H2,1-3H3,(H,32,37)(H,38,39). The summed E-state index contributed by atoms with van der Waals surface area (Å²) in [4.78, 5) is 37.6. The molecule has 1 fully saturated rings. The predicted octanol–water partition coefficient (Wildman–Crippen LogP) is 4.70. The van der Waals surface area contributed by atoms with Gasteiger partial charge >= 0.3 is 6.09 Å². The van der Waals surface area contributed by atoms with E-state index in [1.54, 1.807) is 11.1 Å². The van der Waals surface area contributed by atoms with Crippen LogP contribution in [0.25, 0.3) is 16.9 Å². The van der Waals surface area contributed by atoms with Crippen LogP contribution in [-0.2, 0) is 17.6 Å².